The lowest BCUT2D eigenvalue weighted by Crippen LogP contribution is -2.35. The molecule has 2 N–H and O–H groups in total. The molecule has 0 unspecified atom stereocenters. The monoisotopic (exact) mass is 385 g/mol. The second-order valence-corrected chi connectivity index (χ2v) is 8.44. The van der Waals surface area contributed by atoms with E-state index in [-0.39, 0.29) is 29.3 Å². The van der Waals surface area contributed by atoms with Crippen LogP contribution in [0, 0.1) is 0 Å². The molecule has 27 heavy (non-hydrogen) atoms. The largest absolute Gasteiger partial charge is 0.351 e. The topological polar surface area (TPSA) is 71.1 Å². The third-order valence-corrected chi connectivity index (χ3v) is 4.81. The third-order valence-electron chi connectivity index (χ3n) is 4.61. The molecule has 2 atom stereocenters. The molecular weight excluding hydrogens is 362 g/mol. The van der Waals surface area contributed by atoms with Crippen LogP contribution in [0.1, 0.15) is 48.7 Å². The highest BCUT2D eigenvalue weighted by Crippen LogP contribution is 2.24. The summed E-state index contributed by atoms with van der Waals surface area (Å²) in [4.78, 5) is 28.3. The Labute approximate surface area is 164 Å². The third kappa shape index (κ3) is 5.30. The number of nitrogens with one attached hydrogen (secondary N) is 2. The predicted octanol–water partition coefficient (Wildman–Crippen LogP) is 3.26. The van der Waals surface area contributed by atoms with Crippen molar-refractivity contribution in [1.82, 2.24) is 15.6 Å². The molecule has 2 amide bonds. The van der Waals surface area contributed by atoms with Crippen LogP contribution in [0.3, 0.4) is 0 Å². The van der Waals surface area contributed by atoms with Gasteiger partial charge in [-0.05, 0) is 29.0 Å². The molecule has 0 aliphatic heterocycles. The quantitative estimate of drug-likeness (QED) is 0.829. The molecule has 1 aliphatic rings. The Morgan fingerprint density at radius 3 is 2.41 bits per heavy atom. The number of carbonyl (C=O) groups excluding carboxylic acids is 2. The predicted molar refractivity (Wildman–Crippen MR) is 106 cm³/mol. The van der Waals surface area contributed by atoms with Crippen molar-refractivity contribution in [2.75, 3.05) is 0 Å². The maximum absolute atomic E-state index is 12.2. The van der Waals surface area contributed by atoms with Gasteiger partial charge in [-0.15, -0.1) is 0 Å². The number of halogens is 1. The first-order valence-electron chi connectivity index (χ1n) is 9.02. The van der Waals surface area contributed by atoms with E-state index in [1.807, 2.05) is 12.1 Å². The molecule has 1 saturated carbocycles. The van der Waals surface area contributed by atoms with Crippen LogP contribution in [0.5, 0.6) is 0 Å². The van der Waals surface area contributed by atoms with E-state index in [9.17, 15) is 9.59 Å². The second-order valence-electron chi connectivity index (χ2n) is 8.01. The Morgan fingerprint density at radius 2 is 1.78 bits per heavy atom. The van der Waals surface area contributed by atoms with Gasteiger partial charge in [0.05, 0.1) is 29.1 Å². The summed E-state index contributed by atoms with van der Waals surface area (Å²) in [6.07, 6.45) is 4.01. The van der Waals surface area contributed by atoms with Crippen molar-refractivity contribution < 1.29 is 9.59 Å². The van der Waals surface area contributed by atoms with Gasteiger partial charge >= 0.3 is 0 Å². The molecule has 142 valence electrons. The van der Waals surface area contributed by atoms with Crippen LogP contribution in [-0.4, -0.2) is 28.9 Å². The first-order valence-corrected chi connectivity index (χ1v) is 9.40. The lowest BCUT2D eigenvalue weighted by molar-refractivity contribution is -0.120. The van der Waals surface area contributed by atoms with Gasteiger partial charge in [-0.2, -0.15) is 0 Å². The summed E-state index contributed by atoms with van der Waals surface area (Å²) < 4.78 is 0. The Balaban J connectivity index is 1.46. The molecule has 5 nitrogen and oxygen atoms in total. The van der Waals surface area contributed by atoms with Crippen LogP contribution in [0.4, 0.5) is 0 Å². The molecule has 1 aliphatic carbocycles. The minimum atomic E-state index is -0.232. The van der Waals surface area contributed by atoms with Gasteiger partial charge in [0.2, 0.25) is 5.91 Å². The summed E-state index contributed by atoms with van der Waals surface area (Å²) in [5.41, 5.74) is 2.73. The molecular formula is C21H24ClN3O2. The lowest BCUT2D eigenvalue weighted by Gasteiger charge is -2.19. The smallest absolute Gasteiger partial charge is 0.253 e. The van der Waals surface area contributed by atoms with Crippen LogP contribution in [0.15, 0.2) is 42.7 Å². The van der Waals surface area contributed by atoms with Gasteiger partial charge < -0.3 is 10.6 Å². The zero-order valence-corrected chi connectivity index (χ0v) is 16.5. The minimum absolute atomic E-state index is 0.0255. The van der Waals surface area contributed by atoms with Gasteiger partial charge in [0.25, 0.3) is 5.91 Å². The number of carbonyl (C=O) groups is 2. The lowest BCUT2D eigenvalue weighted by atomic mass is 9.86. The molecule has 0 radical (unpaired) electrons. The second kappa shape index (κ2) is 7.69. The van der Waals surface area contributed by atoms with E-state index in [2.05, 4.69) is 48.5 Å². The van der Waals surface area contributed by atoms with Gasteiger partial charge in [0.15, 0.2) is 0 Å². The van der Waals surface area contributed by atoms with Crippen molar-refractivity contribution in [3.05, 3.63) is 64.4 Å². The van der Waals surface area contributed by atoms with Crippen molar-refractivity contribution in [3.63, 3.8) is 0 Å². The van der Waals surface area contributed by atoms with Crippen LogP contribution in [0.2, 0.25) is 5.02 Å². The number of hydrogen-bond donors (Lipinski definition) is 2. The highest BCUT2D eigenvalue weighted by molar-refractivity contribution is 6.30. The van der Waals surface area contributed by atoms with Crippen molar-refractivity contribution in [1.29, 1.82) is 0 Å². The first-order chi connectivity index (χ1) is 12.7. The summed E-state index contributed by atoms with van der Waals surface area (Å²) in [5.74, 6) is -0.269. The normalized spacial score (nSPS) is 18.7. The molecule has 0 spiro atoms. The van der Waals surface area contributed by atoms with Crippen molar-refractivity contribution >= 4 is 23.4 Å². The standard InChI is InChI=1S/C21H24ClN3O2/c1-21(2,3)15-6-4-13(5-7-15)8-19(26)24-17-10-18(17)25-20(27)14-9-16(22)12-23-11-14/h4-7,9,11-12,17-18H,8,10H2,1-3H3,(H,24,26)(H,25,27)/t17-,18-/m0/s1. The molecule has 0 saturated heterocycles. The van der Waals surface area contributed by atoms with Crippen LogP contribution in [-0.2, 0) is 16.6 Å². The van der Waals surface area contributed by atoms with E-state index in [1.165, 1.54) is 18.0 Å². The van der Waals surface area contributed by atoms with Gasteiger partial charge in [-0.3, -0.25) is 14.6 Å². The summed E-state index contributed by atoms with van der Waals surface area (Å²) in [5, 5.41) is 6.28. The Bertz CT molecular complexity index is 843. The number of nitrogens with zero attached hydrogens (tertiary/aromatic N) is 1. The zero-order valence-electron chi connectivity index (χ0n) is 15.8. The summed E-state index contributed by atoms with van der Waals surface area (Å²) in [6, 6.07) is 9.63. The van der Waals surface area contributed by atoms with Crippen molar-refractivity contribution in [3.8, 4) is 0 Å². The fourth-order valence-corrected chi connectivity index (χ4v) is 3.04. The van der Waals surface area contributed by atoms with Crippen molar-refractivity contribution in [2.45, 2.75) is 51.1 Å². The maximum Gasteiger partial charge on any atom is 0.253 e. The molecule has 1 fully saturated rings. The number of hydrogen-bond acceptors (Lipinski definition) is 3. The number of aromatic nitrogens is 1. The van der Waals surface area contributed by atoms with E-state index < -0.39 is 0 Å². The van der Waals surface area contributed by atoms with E-state index in [0.29, 0.717) is 17.0 Å². The minimum Gasteiger partial charge on any atom is -0.351 e. The number of amides is 2. The SMILES string of the molecule is CC(C)(C)c1ccc(CC(=O)N[C@H]2C[C@@H]2NC(=O)c2cncc(Cl)c2)cc1. The average molecular weight is 386 g/mol. The first kappa shape index (κ1) is 19.4. The van der Waals surface area contributed by atoms with E-state index in [1.54, 1.807) is 6.07 Å². The van der Waals surface area contributed by atoms with Gasteiger partial charge in [-0.1, -0.05) is 56.6 Å². The molecule has 2 aromatic rings. The zero-order chi connectivity index (χ0) is 19.6. The van der Waals surface area contributed by atoms with Crippen LogP contribution in [0.25, 0.3) is 0 Å². The molecule has 1 heterocycles. The van der Waals surface area contributed by atoms with E-state index in [0.717, 1.165) is 12.0 Å². The summed E-state index contributed by atoms with van der Waals surface area (Å²) >= 11 is 5.85. The van der Waals surface area contributed by atoms with E-state index in [4.69, 9.17) is 11.6 Å². The van der Waals surface area contributed by atoms with Gasteiger partial charge in [0.1, 0.15) is 0 Å². The Hall–Kier alpha value is -2.40. The van der Waals surface area contributed by atoms with Crippen LogP contribution < -0.4 is 10.6 Å². The van der Waals surface area contributed by atoms with E-state index >= 15 is 0 Å². The number of rotatable bonds is 5. The number of pyridine rings is 1. The van der Waals surface area contributed by atoms with Gasteiger partial charge in [0, 0.05) is 12.4 Å². The van der Waals surface area contributed by atoms with Crippen LogP contribution >= 0.6 is 11.6 Å². The highest BCUT2D eigenvalue weighted by atomic mass is 35.5. The fraction of sp³-hybridized carbons (Fsp3) is 0.381. The fourth-order valence-electron chi connectivity index (χ4n) is 2.87. The van der Waals surface area contributed by atoms with Gasteiger partial charge in [-0.25, -0.2) is 0 Å². The molecule has 1 aromatic carbocycles. The highest BCUT2D eigenvalue weighted by Gasteiger charge is 2.39. The average Bonchev–Trinajstić information content (AvgIpc) is 3.31. The number of benzene rings is 1. The van der Waals surface area contributed by atoms with Crippen molar-refractivity contribution in [2.24, 2.45) is 0 Å². The molecule has 3 rings (SSSR count). The molecule has 0 bridgehead atoms. The Kier molecular flexibility index (Phi) is 5.51. The molecule has 1 aromatic heterocycles. The maximum atomic E-state index is 12.2. The molecule has 6 heteroatoms. The Morgan fingerprint density at radius 1 is 1.11 bits per heavy atom. The summed E-state index contributed by atoms with van der Waals surface area (Å²) in [6.45, 7) is 6.49. The summed E-state index contributed by atoms with van der Waals surface area (Å²) in [7, 11) is 0.